The molecule has 0 radical (unpaired) electrons. The average Bonchev–Trinajstić information content (AvgIpc) is 3.30. The smallest absolute Gasteiger partial charge is 0.356 e. The molecule has 0 bridgehead atoms. The van der Waals surface area contributed by atoms with Crippen LogP contribution in [0.25, 0.3) is 27.6 Å². The Hall–Kier alpha value is -5.18. The number of nitrogens with zero attached hydrogens (tertiary/aromatic N) is 2. The van der Waals surface area contributed by atoms with Gasteiger partial charge < -0.3 is 14.6 Å². The molecule has 3 aromatic carbocycles. The standard InChI is InChI=1S/C29H24N4O5/c1-18(27(35)30-23-17-24(34)33(31-23)20-13-7-4-8-14-20)38-29(37)26-25(19-11-5-3-6-12-19)21-15-9-10-16-22(21)28(36)32(26)2/h3-18,31H,1-2H3,(H,30,35). The van der Waals surface area contributed by atoms with Crippen LogP contribution in [0.5, 0.6) is 0 Å². The molecule has 190 valence electrons. The maximum absolute atomic E-state index is 13.4. The highest BCUT2D eigenvalue weighted by atomic mass is 16.5. The number of benzene rings is 3. The normalized spacial score (nSPS) is 11.7. The molecule has 1 amide bonds. The van der Waals surface area contributed by atoms with E-state index >= 15 is 0 Å². The number of carbonyl (C=O) groups excluding carboxylic acids is 2. The lowest BCUT2D eigenvalue weighted by atomic mass is 9.97. The van der Waals surface area contributed by atoms with Crippen LogP contribution in [0.1, 0.15) is 17.4 Å². The van der Waals surface area contributed by atoms with Gasteiger partial charge in [-0.2, -0.15) is 0 Å². The highest BCUT2D eigenvalue weighted by molar-refractivity contribution is 6.07. The maximum atomic E-state index is 13.4. The Morgan fingerprint density at radius 1 is 0.868 bits per heavy atom. The van der Waals surface area contributed by atoms with E-state index in [4.69, 9.17) is 4.74 Å². The van der Waals surface area contributed by atoms with Crippen LogP contribution in [0.2, 0.25) is 0 Å². The fourth-order valence-corrected chi connectivity index (χ4v) is 4.33. The van der Waals surface area contributed by atoms with Crippen LogP contribution in [0.3, 0.4) is 0 Å². The van der Waals surface area contributed by atoms with Crippen LogP contribution in [0.4, 0.5) is 5.82 Å². The van der Waals surface area contributed by atoms with Gasteiger partial charge in [0.2, 0.25) is 0 Å². The first-order valence-electron chi connectivity index (χ1n) is 11.9. The number of nitrogens with one attached hydrogen (secondary N) is 2. The first kappa shape index (κ1) is 24.5. The molecule has 0 aliphatic rings. The summed E-state index contributed by atoms with van der Waals surface area (Å²) in [7, 11) is 1.50. The van der Waals surface area contributed by atoms with Gasteiger partial charge in [-0.25, -0.2) is 9.48 Å². The van der Waals surface area contributed by atoms with Crippen molar-refractivity contribution in [3.63, 3.8) is 0 Å². The molecule has 2 N–H and O–H groups in total. The molecule has 0 fully saturated rings. The largest absolute Gasteiger partial charge is 0.448 e. The third-order valence-electron chi connectivity index (χ3n) is 6.21. The zero-order chi connectivity index (χ0) is 26.8. The lowest BCUT2D eigenvalue weighted by Gasteiger charge is -2.19. The molecule has 5 aromatic rings. The summed E-state index contributed by atoms with van der Waals surface area (Å²) < 4.78 is 8.06. The lowest BCUT2D eigenvalue weighted by molar-refractivity contribution is -0.123. The fraction of sp³-hybridized carbons (Fsp3) is 0.103. The topological polar surface area (TPSA) is 115 Å². The highest BCUT2D eigenvalue weighted by Crippen LogP contribution is 2.31. The summed E-state index contributed by atoms with van der Waals surface area (Å²) in [5, 5.41) is 6.46. The van der Waals surface area contributed by atoms with Crippen molar-refractivity contribution in [3.05, 3.63) is 117 Å². The monoisotopic (exact) mass is 508 g/mol. The van der Waals surface area contributed by atoms with Crippen LogP contribution in [-0.2, 0) is 16.6 Å². The SMILES string of the molecule is CC(OC(=O)c1c(-c2ccccc2)c2ccccc2c(=O)n1C)C(=O)Nc1cc(=O)n(-c2ccccc2)[nH]1. The second kappa shape index (κ2) is 10.1. The van der Waals surface area contributed by atoms with E-state index in [2.05, 4.69) is 10.4 Å². The minimum atomic E-state index is -1.23. The summed E-state index contributed by atoms with van der Waals surface area (Å²) in [5.41, 5.74) is 1.17. The van der Waals surface area contributed by atoms with Crippen molar-refractivity contribution in [2.45, 2.75) is 13.0 Å². The van der Waals surface area contributed by atoms with Gasteiger partial charge in [-0.15, -0.1) is 0 Å². The minimum absolute atomic E-state index is 0.0307. The predicted molar refractivity (Wildman–Crippen MR) is 145 cm³/mol. The van der Waals surface area contributed by atoms with Gasteiger partial charge in [0.15, 0.2) is 6.10 Å². The molecule has 9 nitrogen and oxygen atoms in total. The van der Waals surface area contributed by atoms with Crippen molar-refractivity contribution >= 4 is 28.5 Å². The summed E-state index contributed by atoms with van der Waals surface area (Å²) in [6, 6.07) is 26.4. The molecule has 0 spiro atoms. The molecule has 1 atom stereocenters. The van der Waals surface area contributed by atoms with Crippen molar-refractivity contribution in [3.8, 4) is 16.8 Å². The van der Waals surface area contributed by atoms with E-state index in [-0.39, 0.29) is 22.6 Å². The Kier molecular flexibility index (Phi) is 6.49. The van der Waals surface area contributed by atoms with Crippen LogP contribution < -0.4 is 16.4 Å². The Bertz CT molecular complexity index is 1770. The number of pyridine rings is 1. The molecule has 0 saturated heterocycles. The van der Waals surface area contributed by atoms with Crippen molar-refractivity contribution < 1.29 is 14.3 Å². The van der Waals surface area contributed by atoms with Gasteiger partial charge in [-0.3, -0.25) is 19.5 Å². The van der Waals surface area contributed by atoms with Gasteiger partial charge in [0.05, 0.1) is 5.69 Å². The van der Waals surface area contributed by atoms with Crippen LogP contribution in [0, 0.1) is 0 Å². The zero-order valence-corrected chi connectivity index (χ0v) is 20.7. The Morgan fingerprint density at radius 2 is 1.47 bits per heavy atom. The van der Waals surface area contributed by atoms with E-state index < -0.39 is 18.0 Å². The van der Waals surface area contributed by atoms with Gasteiger partial charge in [-0.1, -0.05) is 66.7 Å². The van der Waals surface area contributed by atoms with Crippen molar-refractivity contribution in [2.24, 2.45) is 7.05 Å². The number of ether oxygens (including phenoxy) is 1. The van der Waals surface area contributed by atoms with E-state index in [0.29, 0.717) is 22.0 Å². The number of fused-ring (bicyclic) bond motifs is 1. The summed E-state index contributed by atoms with van der Waals surface area (Å²) in [5.74, 6) is -1.33. The molecule has 9 heteroatoms. The number of hydrogen-bond donors (Lipinski definition) is 2. The Labute approximate surface area is 216 Å². The van der Waals surface area contributed by atoms with E-state index in [1.165, 1.54) is 29.3 Å². The van der Waals surface area contributed by atoms with E-state index in [0.717, 1.165) is 5.56 Å². The number of aromatic nitrogens is 3. The highest BCUT2D eigenvalue weighted by Gasteiger charge is 2.26. The molecule has 0 aliphatic heterocycles. The number of rotatable bonds is 6. The van der Waals surface area contributed by atoms with Crippen LogP contribution in [0.15, 0.2) is 101 Å². The molecule has 5 rings (SSSR count). The number of amides is 1. The van der Waals surface area contributed by atoms with Crippen molar-refractivity contribution in [1.82, 2.24) is 14.3 Å². The number of para-hydroxylation sites is 1. The van der Waals surface area contributed by atoms with Crippen LogP contribution >= 0.6 is 0 Å². The van der Waals surface area contributed by atoms with Crippen molar-refractivity contribution in [2.75, 3.05) is 5.32 Å². The number of hydrogen-bond acceptors (Lipinski definition) is 5. The molecular formula is C29H24N4O5. The fourth-order valence-electron chi connectivity index (χ4n) is 4.33. The average molecular weight is 509 g/mol. The van der Waals surface area contributed by atoms with Crippen LogP contribution in [-0.4, -0.2) is 32.3 Å². The van der Waals surface area contributed by atoms with E-state index in [9.17, 15) is 19.2 Å². The van der Waals surface area contributed by atoms with Crippen molar-refractivity contribution in [1.29, 1.82) is 0 Å². The third kappa shape index (κ3) is 4.53. The number of anilines is 1. The summed E-state index contributed by atoms with van der Waals surface area (Å²) in [4.78, 5) is 51.8. The van der Waals surface area contributed by atoms with E-state index in [1.807, 2.05) is 36.4 Å². The van der Waals surface area contributed by atoms with Gasteiger partial charge in [0.25, 0.3) is 17.0 Å². The van der Waals surface area contributed by atoms with Gasteiger partial charge in [-0.05, 0) is 36.1 Å². The minimum Gasteiger partial charge on any atom is -0.448 e. The molecule has 38 heavy (non-hydrogen) atoms. The quantitative estimate of drug-likeness (QED) is 0.338. The summed E-state index contributed by atoms with van der Waals surface area (Å²) in [6.07, 6.45) is -1.23. The maximum Gasteiger partial charge on any atom is 0.356 e. The molecule has 0 saturated carbocycles. The molecular weight excluding hydrogens is 484 g/mol. The van der Waals surface area contributed by atoms with Gasteiger partial charge in [0.1, 0.15) is 11.5 Å². The zero-order valence-electron chi connectivity index (χ0n) is 20.7. The Morgan fingerprint density at radius 3 is 2.16 bits per heavy atom. The molecule has 2 aromatic heterocycles. The third-order valence-corrected chi connectivity index (χ3v) is 6.21. The van der Waals surface area contributed by atoms with E-state index in [1.54, 1.807) is 48.5 Å². The molecule has 0 aliphatic carbocycles. The molecule has 2 heterocycles. The second-order valence-electron chi connectivity index (χ2n) is 8.72. The number of H-pyrrole nitrogens is 1. The number of aromatic amines is 1. The number of esters is 1. The summed E-state index contributed by atoms with van der Waals surface area (Å²) in [6.45, 7) is 1.42. The lowest BCUT2D eigenvalue weighted by Crippen LogP contribution is -2.33. The van der Waals surface area contributed by atoms with Gasteiger partial charge in [0, 0.05) is 24.1 Å². The first-order valence-corrected chi connectivity index (χ1v) is 11.9. The molecule has 1 unspecified atom stereocenters. The number of carbonyl (C=O) groups is 2. The summed E-state index contributed by atoms with van der Waals surface area (Å²) >= 11 is 0. The Balaban J connectivity index is 1.44. The van der Waals surface area contributed by atoms with Gasteiger partial charge >= 0.3 is 5.97 Å². The first-order chi connectivity index (χ1) is 18.3. The second-order valence-corrected chi connectivity index (χ2v) is 8.72. The predicted octanol–water partition coefficient (Wildman–Crippen LogP) is 3.87.